The van der Waals surface area contributed by atoms with E-state index < -0.39 is 17.6 Å². The molecule has 1 aliphatic carbocycles. The lowest BCUT2D eigenvalue weighted by atomic mass is 9.85. The van der Waals surface area contributed by atoms with E-state index in [2.05, 4.69) is 26.6 Å². The highest BCUT2D eigenvalue weighted by Crippen LogP contribution is 2.34. The van der Waals surface area contributed by atoms with E-state index in [1.165, 1.54) is 0 Å². The Balaban J connectivity index is 1.64. The molecule has 0 bridgehead atoms. The van der Waals surface area contributed by atoms with Gasteiger partial charge in [0.25, 0.3) is 5.91 Å². The first-order chi connectivity index (χ1) is 14.0. The molecule has 0 atom stereocenters. The van der Waals surface area contributed by atoms with Crippen molar-refractivity contribution in [2.45, 2.75) is 58.1 Å². The molecule has 0 saturated heterocycles. The third-order valence-corrected chi connectivity index (χ3v) is 5.43. The van der Waals surface area contributed by atoms with Crippen LogP contribution in [0.1, 0.15) is 57.0 Å². The van der Waals surface area contributed by atoms with Crippen LogP contribution in [0.5, 0.6) is 0 Å². The summed E-state index contributed by atoms with van der Waals surface area (Å²) in [5.74, 6) is -1.25. The summed E-state index contributed by atoms with van der Waals surface area (Å²) in [5, 5.41) is 6.30. The lowest BCUT2D eigenvalue weighted by Gasteiger charge is -2.29. The quantitative estimate of drug-likeness (QED) is 0.602. The maximum Gasteiger partial charge on any atom is 0.407 e. The smallest absolute Gasteiger partial charge is 0.407 e. The van der Waals surface area contributed by atoms with Crippen molar-refractivity contribution in [3.05, 3.63) is 28.4 Å². The summed E-state index contributed by atoms with van der Waals surface area (Å²) in [4.78, 5) is 36.6. The molecule has 8 nitrogen and oxygen atoms in total. The van der Waals surface area contributed by atoms with Crippen LogP contribution in [0, 0.1) is 5.92 Å². The number of furan rings is 1. The number of hydrogen-bond donors (Lipinski definition) is 3. The van der Waals surface area contributed by atoms with Gasteiger partial charge in [0.2, 0.25) is 11.7 Å². The predicted molar refractivity (Wildman–Crippen MR) is 116 cm³/mol. The Morgan fingerprint density at radius 1 is 1.17 bits per heavy atom. The molecule has 0 spiro atoms. The molecule has 0 unspecified atom stereocenters. The second-order valence-corrected chi connectivity index (χ2v) is 9.41. The molecule has 4 N–H and O–H groups in total. The Hall–Kier alpha value is -2.55. The first-order valence-electron chi connectivity index (χ1n) is 9.85. The summed E-state index contributed by atoms with van der Waals surface area (Å²) in [6, 6.07) is 5.22. The van der Waals surface area contributed by atoms with Crippen LogP contribution in [0.4, 0.5) is 10.5 Å². The van der Waals surface area contributed by atoms with E-state index >= 15 is 0 Å². The Morgan fingerprint density at radius 3 is 2.43 bits per heavy atom. The molecule has 2 aromatic rings. The fraction of sp³-hybridized carbons (Fsp3) is 0.476. The van der Waals surface area contributed by atoms with Gasteiger partial charge in [0.15, 0.2) is 0 Å². The van der Waals surface area contributed by atoms with E-state index in [4.69, 9.17) is 14.9 Å². The van der Waals surface area contributed by atoms with Gasteiger partial charge in [-0.15, -0.1) is 0 Å². The number of carbonyl (C=O) groups is 3. The number of benzene rings is 1. The molecule has 1 aromatic heterocycles. The predicted octanol–water partition coefficient (Wildman–Crippen LogP) is 4.32. The van der Waals surface area contributed by atoms with Crippen LogP contribution in [0.25, 0.3) is 11.0 Å². The molecule has 3 amide bonds. The molecule has 3 rings (SSSR count). The Labute approximate surface area is 183 Å². The lowest BCUT2D eigenvalue weighted by molar-refractivity contribution is -0.120. The number of nitrogens with one attached hydrogen (secondary N) is 2. The third-order valence-electron chi connectivity index (χ3n) is 4.94. The number of fused-ring (bicyclic) bond motifs is 1. The highest BCUT2D eigenvalue weighted by molar-refractivity contribution is 9.10. The maximum atomic E-state index is 12.9. The van der Waals surface area contributed by atoms with E-state index in [1.54, 1.807) is 18.2 Å². The number of hydrogen-bond acceptors (Lipinski definition) is 5. The van der Waals surface area contributed by atoms with Crippen LogP contribution < -0.4 is 16.4 Å². The fourth-order valence-electron chi connectivity index (χ4n) is 3.57. The summed E-state index contributed by atoms with van der Waals surface area (Å²) < 4.78 is 11.6. The Morgan fingerprint density at radius 2 is 1.83 bits per heavy atom. The number of rotatable bonds is 4. The van der Waals surface area contributed by atoms with Crippen molar-refractivity contribution >= 4 is 50.5 Å². The van der Waals surface area contributed by atoms with Crippen LogP contribution in [0.3, 0.4) is 0 Å². The van der Waals surface area contributed by atoms with Gasteiger partial charge in [-0.1, -0.05) is 15.9 Å². The molecule has 0 radical (unpaired) electrons. The number of primary amides is 1. The molecule has 30 heavy (non-hydrogen) atoms. The van der Waals surface area contributed by atoms with Crippen LogP contribution >= 0.6 is 15.9 Å². The second-order valence-electron chi connectivity index (χ2n) is 8.49. The number of amides is 3. The summed E-state index contributed by atoms with van der Waals surface area (Å²) >= 11 is 3.38. The molecule has 1 saturated carbocycles. The van der Waals surface area contributed by atoms with Crippen molar-refractivity contribution in [1.29, 1.82) is 0 Å². The van der Waals surface area contributed by atoms with Gasteiger partial charge in [-0.3, -0.25) is 9.59 Å². The molecular formula is C21H26BrN3O5. The van der Waals surface area contributed by atoms with Crippen LogP contribution in [0.15, 0.2) is 27.1 Å². The monoisotopic (exact) mass is 479 g/mol. The Bertz CT molecular complexity index is 971. The molecule has 0 aliphatic heterocycles. The number of alkyl carbamates (subject to hydrolysis) is 1. The van der Waals surface area contributed by atoms with Crippen molar-refractivity contribution in [2.24, 2.45) is 11.7 Å². The summed E-state index contributed by atoms with van der Waals surface area (Å²) in [7, 11) is 0. The van der Waals surface area contributed by atoms with Crippen molar-refractivity contribution in [1.82, 2.24) is 5.32 Å². The lowest BCUT2D eigenvalue weighted by Crippen LogP contribution is -2.42. The summed E-state index contributed by atoms with van der Waals surface area (Å²) in [6.45, 7) is 5.44. The Kier molecular flexibility index (Phi) is 6.40. The molecule has 1 heterocycles. The van der Waals surface area contributed by atoms with Crippen molar-refractivity contribution in [3.63, 3.8) is 0 Å². The van der Waals surface area contributed by atoms with Crippen molar-refractivity contribution in [2.75, 3.05) is 5.32 Å². The minimum absolute atomic E-state index is 0.0317. The number of anilines is 1. The third kappa shape index (κ3) is 5.33. The van der Waals surface area contributed by atoms with E-state index in [1.807, 2.05) is 20.8 Å². The number of carbonyl (C=O) groups excluding carboxylic acids is 3. The highest BCUT2D eigenvalue weighted by atomic mass is 79.9. The minimum Gasteiger partial charge on any atom is -0.449 e. The van der Waals surface area contributed by atoms with Crippen LogP contribution in [0.2, 0.25) is 0 Å². The number of halogens is 1. The summed E-state index contributed by atoms with van der Waals surface area (Å²) in [6.07, 6.45) is 2.10. The fourth-order valence-corrected chi connectivity index (χ4v) is 3.93. The average Bonchev–Trinajstić information content (AvgIpc) is 2.98. The first-order valence-corrected chi connectivity index (χ1v) is 10.6. The van der Waals surface area contributed by atoms with Gasteiger partial charge < -0.3 is 25.5 Å². The van der Waals surface area contributed by atoms with Gasteiger partial charge in [0.05, 0.1) is 0 Å². The SMILES string of the molecule is CC(C)(C)OC(=O)NC1CCC(C(=O)Nc2c(C(N)=O)oc3ccc(Br)cc23)CC1. The van der Waals surface area contributed by atoms with Crippen molar-refractivity contribution in [3.8, 4) is 0 Å². The standard InChI is InChI=1S/C21H26BrN3O5/c1-21(2,3)30-20(28)24-13-7-4-11(5-8-13)19(27)25-16-14-10-12(22)6-9-15(14)29-17(16)18(23)26/h6,9-11,13H,4-5,7-8H2,1-3H3,(H2,23,26)(H,24,28)(H,25,27). The van der Waals surface area contributed by atoms with Gasteiger partial charge in [0, 0.05) is 21.8 Å². The zero-order valence-corrected chi connectivity index (χ0v) is 18.8. The normalized spacial score (nSPS) is 19.3. The highest BCUT2D eigenvalue weighted by Gasteiger charge is 2.30. The average molecular weight is 480 g/mol. The topological polar surface area (TPSA) is 124 Å². The first kappa shape index (κ1) is 22.1. The van der Waals surface area contributed by atoms with Gasteiger partial charge in [-0.25, -0.2) is 4.79 Å². The van der Waals surface area contributed by atoms with Crippen LogP contribution in [-0.4, -0.2) is 29.6 Å². The molecular weight excluding hydrogens is 454 g/mol. The van der Waals surface area contributed by atoms with E-state index in [-0.39, 0.29) is 29.3 Å². The minimum atomic E-state index is -0.747. The van der Waals surface area contributed by atoms with Crippen molar-refractivity contribution < 1.29 is 23.5 Å². The van der Waals surface area contributed by atoms with Gasteiger partial charge in [-0.05, 0) is 64.7 Å². The number of nitrogens with two attached hydrogens (primary N) is 1. The van der Waals surface area contributed by atoms with E-state index in [0.717, 1.165) is 4.47 Å². The molecule has 1 aromatic carbocycles. The van der Waals surface area contributed by atoms with Gasteiger partial charge in [-0.2, -0.15) is 0 Å². The summed E-state index contributed by atoms with van der Waals surface area (Å²) in [5.41, 5.74) is 5.63. The van der Waals surface area contributed by atoms with Gasteiger partial charge >= 0.3 is 6.09 Å². The zero-order chi connectivity index (χ0) is 22.1. The second kappa shape index (κ2) is 8.67. The van der Waals surface area contributed by atoms with E-state index in [9.17, 15) is 14.4 Å². The molecule has 162 valence electrons. The molecule has 1 fully saturated rings. The maximum absolute atomic E-state index is 12.9. The van der Waals surface area contributed by atoms with E-state index in [0.29, 0.717) is 36.7 Å². The largest absolute Gasteiger partial charge is 0.449 e. The van der Waals surface area contributed by atoms with Gasteiger partial charge in [0.1, 0.15) is 16.9 Å². The van der Waals surface area contributed by atoms with Crippen LogP contribution in [-0.2, 0) is 9.53 Å². The molecule has 9 heteroatoms. The number of ether oxygens (including phenoxy) is 1. The molecule has 1 aliphatic rings. The zero-order valence-electron chi connectivity index (χ0n) is 17.2.